The van der Waals surface area contributed by atoms with E-state index < -0.39 is 18.1 Å². The number of hydrogen-bond acceptors (Lipinski definition) is 4. The fourth-order valence-electron chi connectivity index (χ4n) is 3.64. The fourth-order valence-corrected chi connectivity index (χ4v) is 3.64. The van der Waals surface area contributed by atoms with E-state index in [-0.39, 0.29) is 5.91 Å². The molecule has 0 aliphatic carbocycles. The van der Waals surface area contributed by atoms with Crippen molar-refractivity contribution in [2.75, 3.05) is 11.9 Å². The molecule has 2 atom stereocenters. The normalized spacial score (nSPS) is 16.7. The maximum absolute atomic E-state index is 13.2. The predicted molar refractivity (Wildman–Crippen MR) is 122 cm³/mol. The van der Waals surface area contributed by atoms with E-state index in [2.05, 4.69) is 10.3 Å². The fraction of sp³-hybridized carbons (Fsp3) is 0.160. The van der Waals surface area contributed by atoms with Crippen LogP contribution in [0.5, 0.6) is 0 Å². The van der Waals surface area contributed by atoms with Crippen LogP contribution in [-0.4, -0.2) is 36.8 Å². The lowest BCUT2D eigenvalue weighted by Crippen LogP contribution is -2.51. The van der Waals surface area contributed by atoms with Gasteiger partial charge in [-0.05, 0) is 18.1 Å². The molecule has 3 aromatic rings. The lowest BCUT2D eigenvalue weighted by Gasteiger charge is -2.22. The summed E-state index contributed by atoms with van der Waals surface area (Å²) in [5.41, 5.74) is 10.2. The first-order valence-corrected chi connectivity index (χ1v) is 10.1. The second-order valence-electron chi connectivity index (χ2n) is 7.47. The van der Waals surface area contributed by atoms with Gasteiger partial charge in [-0.2, -0.15) is 0 Å². The smallest absolute Gasteiger partial charge is 0.272 e. The Kier molecular flexibility index (Phi) is 5.91. The third kappa shape index (κ3) is 4.39. The Morgan fingerprint density at radius 3 is 2.32 bits per heavy atom. The van der Waals surface area contributed by atoms with Gasteiger partial charge in [0.1, 0.15) is 0 Å². The summed E-state index contributed by atoms with van der Waals surface area (Å²) in [7, 11) is 1.69. The average Bonchev–Trinajstić information content (AvgIpc) is 2.91. The summed E-state index contributed by atoms with van der Waals surface area (Å²) >= 11 is 0. The van der Waals surface area contributed by atoms with E-state index in [9.17, 15) is 9.59 Å². The highest BCUT2D eigenvalue weighted by molar-refractivity contribution is 6.20. The number of amides is 2. The number of carbonyl (C=O) groups is 2. The quantitative estimate of drug-likeness (QED) is 0.675. The Balaban J connectivity index is 1.65. The van der Waals surface area contributed by atoms with E-state index in [4.69, 9.17) is 5.73 Å². The van der Waals surface area contributed by atoms with Gasteiger partial charge in [0, 0.05) is 18.2 Å². The van der Waals surface area contributed by atoms with Gasteiger partial charge in [0.25, 0.3) is 5.91 Å². The standard InChI is InChI=1S/C25H24N4O2/c1-29-21-15-9-8-14-19(21)22(18-12-6-3-7-13-18)27-23(25(29)31)28-24(30)20(26)16-17-10-4-2-5-11-17/h2-15,20,23H,16,26H2,1H3,(H,28,30)/t20-,23?/m1/s1. The number of anilines is 1. The number of carbonyl (C=O) groups excluding carboxylic acids is 2. The Labute approximate surface area is 181 Å². The van der Waals surface area contributed by atoms with Crippen LogP contribution in [0.2, 0.25) is 0 Å². The molecule has 1 aliphatic rings. The van der Waals surface area contributed by atoms with Gasteiger partial charge in [0.05, 0.1) is 17.4 Å². The van der Waals surface area contributed by atoms with E-state index in [1.165, 1.54) is 4.90 Å². The highest BCUT2D eigenvalue weighted by atomic mass is 16.2. The second-order valence-corrected chi connectivity index (χ2v) is 7.47. The first-order chi connectivity index (χ1) is 15.0. The number of nitrogens with two attached hydrogens (primary N) is 1. The molecule has 0 aromatic heterocycles. The molecule has 2 amide bonds. The number of benzene rings is 3. The SMILES string of the molecule is CN1C(=O)C(NC(=O)[C@H](N)Cc2ccccc2)N=C(c2ccccc2)c2ccccc21. The first-order valence-electron chi connectivity index (χ1n) is 10.1. The maximum atomic E-state index is 13.2. The highest BCUT2D eigenvalue weighted by Crippen LogP contribution is 2.27. The van der Waals surface area contributed by atoms with Gasteiger partial charge in [0.2, 0.25) is 12.1 Å². The van der Waals surface area contributed by atoms with Crippen LogP contribution in [-0.2, 0) is 16.0 Å². The summed E-state index contributed by atoms with van der Waals surface area (Å²) in [6.07, 6.45) is -0.694. The number of para-hydroxylation sites is 1. The molecule has 1 aliphatic heterocycles. The Morgan fingerprint density at radius 2 is 1.61 bits per heavy atom. The summed E-state index contributed by atoms with van der Waals surface area (Å²) in [6, 6.07) is 26.0. The van der Waals surface area contributed by atoms with Crippen molar-refractivity contribution in [1.29, 1.82) is 0 Å². The van der Waals surface area contributed by atoms with E-state index in [1.54, 1.807) is 7.05 Å². The molecule has 0 fully saturated rings. The first kappa shape index (κ1) is 20.5. The number of nitrogens with one attached hydrogen (secondary N) is 1. The third-order valence-electron chi connectivity index (χ3n) is 5.30. The lowest BCUT2D eigenvalue weighted by molar-refractivity contribution is -0.128. The molecule has 4 rings (SSSR count). The number of likely N-dealkylation sites (N-methyl/N-ethyl adjacent to an activating group) is 1. The van der Waals surface area contributed by atoms with Crippen LogP contribution >= 0.6 is 0 Å². The average molecular weight is 412 g/mol. The van der Waals surface area contributed by atoms with Gasteiger partial charge in [-0.15, -0.1) is 0 Å². The topological polar surface area (TPSA) is 87.8 Å². The number of rotatable bonds is 5. The molecule has 1 heterocycles. The zero-order chi connectivity index (χ0) is 21.8. The number of fused-ring (bicyclic) bond motifs is 1. The number of benzodiazepines with no additional fused rings is 1. The molecule has 31 heavy (non-hydrogen) atoms. The highest BCUT2D eigenvalue weighted by Gasteiger charge is 2.31. The zero-order valence-corrected chi connectivity index (χ0v) is 17.2. The minimum absolute atomic E-state index is 0.321. The summed E-state index contributed by atoms with van der Waals surface area (Å²) in [5.74, 6) is -0.739. The molecule has 3 N–H and O–H groups in total. The summed E-state index contributed by atoms with van der Waals surface area (Å²) < 4.78 is 0. The van der Waals surface area contributed by atoms with Crippen molar-refractivity contribution in [3.05, 3.63) is 102 Å². The molecular formula is C25H24N4O2. The molecule has 0 radical (unpaired) electrons. The van der Waals surface area contributed by atoms with Crippen molar-refractivity contribution in [1.82, 2.24) is 5.32 Å². The number of hydrogen-bond donors (Lipinski definition) is 2. The minimum Gasteiger partial charge on any atom is -0.325 e. The summed E-state index contributed by atoms with van der Waals surface area (Å²) in [4.78, 5) is 32.2. The van der Waals surface area contributed by atoms with Crippen LogP contribution in [0.25, 0.3) is 0 Å². The predicted octanol–water partition coefficient (Wildman–Crippen LogP) is 2.51. The molecule has 6 nitrogen and oxygen atoms in total. The van der Waals surface area contributed by atoms with Crippen molar-refractivity contribution in [3.8, 4) is 0 Å². The van der Waals surface area contributed by atoms with Crippen molar-refractivity contribution in [2.24, 2.45) is 10.7 Å². The Bertz CT molecular complexity index is 1110. The van der Waals surface area contributed by atoms with Crippen LogP contribution in [0.4, 0.5) is 5.69 Å². The monoisotopic (exact) mass is 412 g/mol. The molecule has 0 spiro atoms. The number of nitrogens with zero attached hydrogens (tertiary/aromatic N) is 2. The third-order valence-corrected chi connectivity index (χ3v) is 5.30. The molecule has 3 aromatic carbocycles. The van der Waals surface area contributed by atoms with Crippen molar-refractivity contribution in [2.45, 2.75) is 18.6 Å². The van der Waals surface area contributed by atoms with Crippen LogP contribution in [0.1, 0.15) is 16.7 Å². The number of aliphatic imine (C=N–C) groups is 1. The molecule has 6 heteroatoms. The molecule has 0 saturated carbocycles. The molecule has 156 valence electrons. The minimum atomic E-state index is -1.07. The van der Waals surface area contributed by atoms with Gasteiger partial charge >= 0.3 is 0 Å². The van der Waals surface area contributed by atoms with Gasteiger partial charge in [-0.3, -0.25) is 9.59 Å². The van der Waals surface area contributed by atoms with Crippen LogP contribution in [0.15, 0.2) is 89.9 Å². The van der Waals surface area contributed by atoms with Crippen LogP contribution in [0.3, 0.4) is 0 Å². The molecule has 1 unspecified atom stereocenters. The van der Waals surface area contributed by atoms with Gasteiger partial charge in [-0.1, -0.05) is 78.9 Å². The molecule has 0 saturated heterocycles. The van der Waals surface area contributed by atoms with E-state index in [0.29, 0.717) is 12.1 Å². The van der Waals surface area contributed by atoms with Crippen LogP contribution in [0, 0.1) is 0 Å². The van der Waals surface area contributed by atoms with E-state index in [1.807, 2.05) is 84.9 Å². The summed E-state index contributed by atoms with van der Waals surface area (Å²) in [5, 5.41) is 2.75. The lowest BCUT2D eigenvalue weighted by atomic mass is 10.0. The van der Waals surface area contributed by atoms with Gasteiger partial charge < -0.3 is 16.0 Å². The zero-order valence-electron chi connectivity index (χ0n) is 17.2. The summed E-state index contributed by atoms with van der Waals surface area (Å²) in [6.45, 7) is 0. The molecule has 0 bridgehead atoms. The van der Waals surface area contributed by atoms with E-state index >= 15 is 0 Å². The van der Waals surface area contributed by atoms with Crippen LogP contribution < -0.4 is 16.0 Å². The Hall–Kier alpha value is -3.77. The molecular weight excluding hydrogens is 388 g/mol. The second kappa shape index (κ2) is 8.93. The maximum Gasteiger partial charge on any atom is 0.272 e. The van der Waals surface area contributed by atoms with Crippen molar-refractivity contribution in [3.63, 3.8) is 0 Å². The van der Waals surface area contributed by atoms with Crippen molar-refractivity contribution >= 4 is 23.2 Å². The van der Waals surface area contributed by atoms with Gasteiger partial charge in [-0.25, -0.2) is 4.99 Å². The van der Waals surface area contributed by atoms with Gasteiger partial charge in [0.15, 0.2) is 0 Å². The Morgan fingerprint density at radius 1 is 1.00 bits per heavy atom. The van der Waals surface area contributed by atoms with Crippen molar-refractivity contribution < 1.29 is 9.59 Å². The largest absolute Gasteiger partial charge is 0.325 e. The van der Waals surface area contributed by atoms with E-state index in [0.717, 1.165) is 22.4 Å².